The van der Waals surface area contributed by atoms with Crippen molar-refractivity contribution in [3.05, 3.63) is 23.8 Å². The molecular weight excluding hydrogens is 360 g/mol. The number of anilines is 2. The molecule has 3 rings (SSSR count). The molecule has 1 aromatic rings. The minimum atomic E-state index is -0.729. The van der Waals surface area contributed by atoms with Gasteiger partial charge in [-0.2, -0.15) is 0 Å². The summed E-state index contributed by atoms with van der Waals surface area (Å²) in [5.41, 5.74) is 3.11. The zero-order chi connectivity index (χ0) is 19.6. The van der Waals surface area contributed by atoms with Crippen LogP contribution in [-0.4, -0.2) is 69.4 Å². The zero-order valence-corrected chi connectivity index (χ0v) is 15.3. The fraction of sp³-hybridized carbons (Fsp3) is 0.529. The summed E-state index contributed by atoms with van der Waals surface area (Å²) in [6, 6.07) is 2.28. The number of carbonyl (C=O) groups is 2. The van der Waals surface area contributed by atoms with Gasteiger partial charge in [-0.25, -0.2) is 18.6 Å². The number of hydrazine groups is 1. The van der Waals surface area contributed by atoms with E-state index in [9.17, 15) is 18.4 Å². The van der Waals surface area contributed by atoms with Crippen molar-refractivity contribution in [1.82, 2.24) is 15.8 Å². The average molecular weight is 383 g/mol. The van der Waals surface area contributed by atoms with Crippen LogP contribution in [-0.2, 0) is 9.53 Å². The van der Waals surface area contributed by atoms with Gasteiger partial charge in [0.1, 0.15) is 11.8 Å². The first-order valence-corrected chi connectivity index (χ1v) is 8.76. The topological polar surface area (TPSA) is 77.2 Å². The summed E-state index contributed by atoms with van der Waals surface area (Å²) < 4.78 is 34.5. The Morgan fingerprint density at radius 2 is 2.00 bits per heavy atom. The molecule has 1 atom stereocenters. The molecule has 2 N–H and O–H groups in total. The van der Waals surface area contributed by atoms with Gasteiger partial charge < -0.3 is 15.0 Å². The molecule has 0 radical (unpaired) electrons. The summed E-state index contributed by atoms with van der Waals surface area (Å²) in [5, 5.41) is 4.43. The van der Waals surface area contributed by atoms with Crippen LogP contribution >= 0.6 is 0 Å². The number of rotatable bonds is 4. The van der Waals surface area contributed by atoms with Crippen molar-refractivity contribution in [2.45, 2.75) is 13.0 Å². The molecule has 0 saturated carbocycles. The molecule has 1 aromatic carbocycles. The lowest BCUT2D eigenvalue weighted by Crippen LogP contribution is -2.34. The van der Waals surface area contributed by atoms with E-state index in [1.165, 1.54) is 11.8 Å². The van der Waals surface area contributed by atoms with Crippen molar-refractivity contribution in [3.63, 3.8) is 0 Å². The van der Waals surface area contributed by atoms with Gasteiger partial charge in [0.15, 0.2) is 11.6 Å². The van der Waals surface area contributed by atoms with Gasteiger partial charge in [-0.15, -0.1) is 0 Å². The largest absolute Gasteiger partial charge is 0.442 e. The molecule has 8 nitrogen and oxygen atoms in total. The van der Waals surface area contributed by atoms with Crippen LogP contribution in [0.3, 0.4) is 0 Å². The minimum absolute atomic E-state index is 0.0918. The van der Waals surface area contributed by atoms with Gasteiger partial charge in [0.05, 0.1) is 18.8 Å². The molecule has 10 heteroatoms. The normalized spacial score (nSPS) is 21.2. The second-order valence-electron chi connectivity index (χ2n) is 6.63. The van der Waals surface area contributed by atoms with E-state index in [0.29, 0.717) is 26.2 Å². The van der Waals surface area contributed by atoms with Crippen molar-refractivity contribution in [2.75, 3.05) is 56.1 Å². The summed E-state index contributed by atoms with van der Waals surface area (Å²) in [5.74, 6) is -1.70. The van der Waals surface area contributed by atoms with E-state index in [1.54, 1.807) is 4.90 Å². The fourth-order valence-electron chi connectivity index (χ4n) is 3.17. The summed E-state index contributed by atoms with van der Waals surface area (Å²) in [7, 11) is 1.87. The Morgan fingerprint density at radius 1 is 1.30 bits per heavy atom. The number of ether oxygens (including phenoxy) is 1. The van der Waals surface area contributed by atoms with Crippen molar-refractivity contribution >= 4 is 23.4 Å². The van der Waals surface area contributed by atoms with E-state index in [1.807, 2.05) is 12.1 Å². The molecule has 0 unspecified atom stereocenters. The highest BCUT2D eigenvalue weighted by atomic mass is 19.1. The Balaban J connectivity index is 1.76. The molecule has 0 aliphatic carbocycles. The SMILES string of the molecule is CC(=O)NC[C@H]1CN(c2cc(F)c(N3CCNN(C)CC3)c(F)c2)C(=O)O1. The Bertz CT molecular complexity index is 710. The smallest absolute Gasteiger partial charge is 0.414 e. The lowest BCUT2D eigenvalue weighted by molar-refractivity contribution is -0.119. The third kappa shape index (κ3) is 4.45. The first-order valence-electron chi connectivity index (χ1n) is 8.76. The fourth-order valence-corrected chi connectivity index (χ4v) is 3.17. The monoisotopic (exact) mass is 383 g/mol. The van der Waals surface area contributed by atoms with Gasteiger partial charge in [-0.3, -0.25) is 15.1 Å². The minimum Gasteiger partial charge on any atom is -0.442 e. The number of halogens is 2. The second-order valence-corrected chi connectivity index (χ2v) is 6.63. The lowest BCUT2D eigenvalue weighted by Gasteiger charge is -2.24. The van der Waals surface area contributed by atoms with Crippen LogP contribution in [0.5, 0.6) is 0 Å². The number of nitrogens with zero attached hydrogens (tertiary/aromatic N) is 3. The van der Waals surface area contributed by atoms with Crippen molar-refractivity contribution in [3.8, 4) is 0 Å². The molecule has 0 bridgehead atoms. The molecule has 0 spiro atoms. The number of hydrogen-bond acceptors (Lipinski definition) is 6. The van der Waals surface area contributed by atoms with Gasteiger partial charge >= 0.3 is 6.09 Å². The van der Waals surface area contributed by atoms with Crippen LogP contribution in [0.15, 0.2) is 12.1 Å². The number of amides is 2. The Kier molecular flexibility index (Phi) is 5.76. The van der Waals surface area contributed by atoms with Gasteiger partial charge in [-0.05, 0) is 0 Å². The molecular formula is C17H23F2N5O3. The molecule has 0 aromatic heterocycles. The van der Waals surface area contributed by atoms with E-state index in [2.05, 4.69) is 10.7 Å². The molecule has 2 heterocycles. The molecule has 2 aliphatic rings. The first-order chi connectivity index (χ1) is 12.8. The van der Waals surface area contributed by atoms with Crippen LogP contribution in [0.1, 0.15) is 6.92 Å². The summed E-state index contributed by atoms with van der Waals surface area (Å²) in [4.78, 5) is 25.8. The number of benzene rings is 1. The zero-order valence-electron chi connectivity index (χ0n) is 15.3. The van der Waals surface area contributed by atoms with Crippen LogP contribution < -0.4 is 20.5 Å². The number of carbonyl (C=O) groups excluding carboxylic acids is 2. The molecule has 27 heavy (non-hydrogen) atoms. The standard InChI is InChI=1S/C17H23F2N5O3/c1-11(25)20-9-13-10-24(17(26)27-13)12-7-14(18)16(15(19)8-12)23-4-3-21-22(2)5-6-23/h7-8,13,21H,3-6,9-10H2,1-2H3,(H,20,25)/t13-/m0/s1. The average Bonchev–Trinajstić information content (AvgIpc) is 2.84. The van der Waals surface area contributed by atoms with Crippen LogP contribution in [0, 0.1) is 11.6 Å². The van der Waals surface area contributed by atoms with Gasteiger partial charge in [0.2, 0.25) is 5.91 Å². The van der Waals surface area contributed by atoms with E-state index < -0.39 is 23.8 Å². The number of hydrogen-bond donors (Lipinski definition) is 2. The van der Waals surface area contributed by atoms with Gasteiger partial charge in [-0.1, -0.05) is 0 Å². The third-order valence-corrected chi connectivity index (χ3v) is 4.55. The number of cyclic esters (lactones) is 1. The maximum Gasteiger partial charge on any atom is 0.414 e. The highest BCUT2D eigenvalue weighted by Gasteiger charge is 2.33. The Hall–Kier alpha value is -2.46. The molecule has 2 saturated heterocycles. The second kappa shape index (κ2) is 8.05. The predicted molar refractivity (Wildman–Crippen MR) is 95.5 cm³/mol. The molecule has 2 aliphatic heterocycles. The van der Waals surface area contributed by atoms with Gasteiger partial charge in [0.25, 0.3) is 0 Å². The quantitative estimate of drug-likeness (QED) is 0.797. The van der Waals surface area contributed by atoms with E-state index in [0.717, 1.165) is 12.1 Å². The highest BCUT2D eigenvalue weighted by molar-refractivity contribution is 5.90. The molecule has 148 valence electrons. The maximum absolute atomic E-state index is 14.7. The molecule has 2 fully saturated rings. The summed E-state index contributed by atoms with van der Waals surface area (Å²) in [6.45, 7) is 3.73. The summed E-state index contributed by atoms with van der Waals surface area (Å²) >= 11 is 0. The van der Waals surface area contributed by atoms with Crippen molar-refractivity contribution < 1.29 is 23.1 Å². The molecule has 2 amide bonds. The van der Waals surface area contributed by atoms with E-state index in [-0.39, 0.29) is 30.4 Å². The van der Waals surface area contributed by atoms with E-state index in [4.69, 9.17) is 4.74 Å². The highest BCUT2D eigenvalue weighted by Crippen LogP contribution is 2.31. The maximum atomic E-state index is 14.7. The third-order valence-electron chi connectivity index (χ3n) is 4.55. The van der Waals surface area contributed by atoms with E-state index >= 15 is 0 Å². The lowest BCUT2D eigenvalue weighted by atomic mass is 10.2. The van der Waals surface area contributed by atoms with Crippen LogP contribution in [0.25, 0.3) is 0 Å². The van der Waals surface area contributed by atoms with Crippen LogP contribution in [0.2, 0.25) is 0 Å². The Labute approximate surface area is 156 Å². The predicted octanol–water partition coefficient (Wildman–Crippen LogP) is 0.682. The van der Waals surface area contributed by atoms with Gasteiger partial charge in [0, 0.05) is 52.3 Å². The van der Waals surface area contributed by atoms with Crippen LogP contribution in [0.4, 0.5) is 25.0 Å². The van der Waals surface area contributed by atoms with Crippen molar-refractivity contribution in [2.24, 2.45) is 0 Å². The summed E-state index contributed by atoms with van der Waals surface area (Å²) in [6.07, 6.45) is -1.27. The van der Waals surface area contributed by atoms with Crippen molar-refractivity contribution in [1.29, 1.82) is 0 Å². The Morgan fingerprint density at radius 3 is 2.67 bits per heavy atom. The number of likely N-dealkylation sites (N-methyl/N-ethyl adjacent to an activating group) is 1. The first kappa shape index (κ1) is 19.3. The number of nitrogens with one attached hydrogen (secondary N) is 2.